The molecule has 1 unspecified atom stereocenters. The molecule has 3 atom stereocenters. The zero-order valence-electron chi connectivity index (χ0n) is 42.2. The van der Waals surface area contributed by atoms with Crippen LogP contribution >= 0.6 is 0 Å². The van der Waals surface area contributed by atoms with E-state index in [0.717, 1.165) is 70.6 Å². The van der Waals surface area contributed by atoms with Gasteiger partial charge in [-0.3, -0.25) is 33.6 Å². The molecule has 0 heterocycles. The van der Waals surface area contributed by atoms with Gasteiger partial charge in [0.15, 0.2) is 0 Å². The van der Waals surface area contributed by atoms with Crippen molar-refractivity contribution in [1.29, 1.82) is 0 Å². The highest BCUT2D eigenvalue weighted by Crippen LogP contribution is 2.14. The van der Waals surface area contributed by atoms with Crippen molar-refractivity contribution in [2.45, 2.75) is 179 Å². The summed E-state index contributed by atoms with van der Waals surface area (Å²) in [7, 11) is 0. The van der Waals surface area contributed by atoms with Gasteiger partial charge in [-0.05, 0) is 38.5 Å². The van der Waals surface area contributed by atoms with Gasteiger partial charge in [0, 0.05) is 51.7 Å². The van der Waals surface area contributed by atoms with Crippen molar-refractivity contribution in [3.8, 4) is 0 Å². The first-order chi connectivity index (χ1) is 34.3. The predicted octanol–water partition coefficient (Wildman–Crippen LogP) is 2.81. The van der Waals surface area contributed by atoms with Crippen molar-refractivity contribution in [1.82, 2.24) is 31.9 Å². The van der Waals surface area contributed by atoms with Crippen LogP contribution in [-0.2, 0) is 66.9 Å². The fourth-order valence-electron chi connectivity index (χ4n) is 6.85. The molecule has 0 fully saturated rings. The number of rotatable bonds is 51. The number of aliphatic carboxylic acids is 2. The molecular weight excluding hydrogens is 929 g/mol. The van der Waals surface area contributed by atoms with E-state index in [2.05, 4.69) is 31.9 Å². The lowest BCUT2D eigenvalue weighted by Crippen LogP contribution is -2.43. The summed E-state index contributed by atoms with van der Waals surface area (Å²) in [5.74, 6) is -4.54. The first-order valence-electron chi connectivity index (χ1n) is 25.6. The molecule has 0 aromatic carbocycles. The molecule has 71 heavy (non-hydrogen) atoms. The number of carbonyl (C=O) groups excluding carboxylic acids is 8. The number of nitrogens with one attached hydrogen (secondary N) is 6. The molecule has 0 aromatic rings. The van der Waals surface area contributed by atoms with Gasteiger partial charge in [-0.1, -0.05) is 90.4 Å². The quantitative estimate of drug-likeness (QED) is 0.0321. The number of unbranched alkanes of at least 4 members (excludes halogenated alkanes) is 14. The number of carboxylic acid groups (broad SMARTS) is 2. The van der Waals surface area contributed by atoms with Crippen molar-refractivity contribution in [2.24, 2.45) is 0 Å². The van der Waals surface area contributed by atoms with E-state index in [0.29, 0.717) is 25.5 Å². The van der Waals surface area contributed by atoms with Crippen LogP contribution in [0.2, 0.25) is 0 Å². The zero-order chi connectivity index (χ0) is 52.6. The lowest BCUT2D eigenvalue weighted by atomic mass is 10.0. The number of carboxylic acids is 2. The van der Waals surface area contributed by atoms with Gasteiger partial charge in [-0.2, -0.15) is 0 Å². The van der Waals surface area contributed by atoms with Crippen LogP contribution in [0.15, 0.2) is 0 Å². The maximum absolute atomic E-state index is 12.5. The molecule has 0 radical (unpaired) electrons. The Morgan fingerprint density at radius 1 is 0.408 bits per heavy atom. The summed E-state index contributed by atoms with van der Waals surface area (Å²) in [6.07, 6.45) is 16.9. The maximum Gasteiger partial charge on any atom is 0.326 e. The standard InChI is InChI=1S/C49H86N6O16/c1-2-3-26-50-46(62)37-70-33-32-69-30-28-52-47(63)38-71-34-31-68-29-27-51-42(58)23-20-39(35-56)53-44(60)24-21-40(36-57)54-45(61)25-22-41(49(66)67)55-43(59)18-16-14-12-10-8-6-4-5-7-9-11-13-15-17-19-48(64)65/h35-36,39-41H,2-34,37-38H2,1H3,(H,50,62)(H,51,58)(H,52,63)(H,53,60)(H,54,61)(H,55,59)(H,64,65)(H,66,67)/t39-,40-,41?/m0/s1. The number of hydrogen-bond acceptors (Lipinski definition) is 14. The summed E-state index contributed by atoms with van der Waals surface area (Å²) in [5.41, 5.74) is 0. The third-order valence-corrected chi connectivity index (χ3v) is 10.9. The third-order valence-electron chi connectivity index (χ3n) is 10.9. The minimum atomic E-state index is -1.29. The predicted molar refractivity (Wildman–Crippen MR) is 262 cm³/mol. The summed E-state index contributed by atoms with van der Waals surface area (Å²) in [4.78, 5) is 119. The monoisotopic (exact) mass is 1010 g/mol. The number of hydrogen-bond donors (Lipinski definition) is 8. The Morgan fingerprint density at radius 2 is 0.789 bits per heavy atom. The van der Waals surface area contributed by atoms with Gasteiger partial charge < -0.3 is 70.7 Å². The molecule has 22 heteroatoms. The fraction of sp³-hybridized carbons (Fsp3) is 0.796. The van der Waals surface area contributed by atoms with E-state index >= 15 is 0 Å². The summed E-state index contributed by atoms with van der Waals surface area (Å²) >= 11 is 0. The van der Waals surface area contributed by atoms with E-state index in [9.17, 15) is 53.1 Å². The highest BCUT2D eigenvalue weighted by atomic mass is 16.5. The average molecular weight is 1020 g/mol. The van der Waals surface area contributed by atoms with E-state index in [4.69, 9.17) is 24.1 Å². The Kier molecular flexibility index (Phi) is 43.9. The van der Waals surface area contributed by atoms with Crippen molar-refractivity contribution in [2.75, 3.05) is 72.5 Å². The largest absolute Gasteiger partial charge is 0.481 e. The van der Waals surface area contributed by atoms with E-state index in [-0.39, 0.29) is 135 Å². The van der Waals surface area contributed by atoms with Gasteiger partial charge in [0.25, 0.3) is 0 Å². The van der Waals surface area contributed by atoms with Gasteiger partial charge >= 0.3 is 11.9 Å². The van der Waals surface area contributed by atoms with Crippen LogP contribution in [0.4, 0.5) is 0 Å². The van der Waals surface area contributed by atoms with Crippen molar-refractivity contribution in [3.63, 3.8) is 0 Å². The molecule has 408 valence electrons. The number of ether oxygens (including phenoxy) is 4. The van der Waals surface area contributed by atoms with Gasteiger partial charge in [-0.15, -0.1) is 0 Å². The molecular formula is C49H86N6O16. The van der Waals surface area contributed by atoms with E-state index in [1.165, 1.54) is 25.7 Å². The number of amides is 6. The van der Waals surface area contributed by atoms with Crippen LogP contribution in [0.25, 0.3) is 0 Å². The smallest absolute Gasteiger partial charge is 0.326 e. The molecule has 0 aliphatic heterocycles. The van der Waals surface area contributed by atoms with Crippen molar-refractivity contribution in [3.05, 3.63) is 0 Å². The lowest BCUT2D eigenvalue weighted by molar-refractivity contribution is -0.142. The third kappa shape index (κ3) is 44.6. The van der Waals surface area contributed by atoms with Crippen LogP contribution in [-0.4, -0.2) is 161 Å². The van der Waals surface area contributed by atoms with Crippen molar-refractivity contribution < 1.29 is 77.1 Å². The molecule has 0 spiro atoms. The van der Waals surface area contributed by atoms with E-state index in [1.54, 1.807) is 0 Å². The second-order valence-electron chi connectivity index (χ2n) is 17.3. The molecule has 0 rings (SSSR count). The Morgan fingerprint density at radius 3 is 1.23 bits per heavy atom. The number of aldehydes is 2. The lowest BCUT2D eigenvalue weighted by Gasteiger charge is -2.17. The van der Waals surface area contributed by atoms with Gasteiger partial charge in [0.2, 0.25) is 35.4 Å². The average Bonchev–Trinajstić information content (AvgIpc) is 3.34. The van der Waals surface area contributed by atoms with E-state index < -0.39 is 47.8 Å². The highest BCUT2D eigenvalue weighted by Gasteiger charge is 2.22. The van der Waals surface area contributed by atoms with Gasteiger partial charge in [0.1, 0.15) is 31.8 Å². The van der Waals surface area contributed by atoms with Crippen LogP contribution in [0.3, 0.4) is 0 Å². The molecule has 0 bridgehead atoms. The Labute approximate surface area is 419 Å². The molecule has 0 aliphatic carbocycles. The second kappa shape index (κ2) is 47.3. The molecule has 0 saturated carbocycles. The maximum atomic E-state index is 12.5. The van der Waals surface area contributed by atoms with Gasteiger partial charge in [0.05, 0.1) is 51.7 Å². The minimum absolute atomic E-state index is 0.0107. The molecule has 8 N–H and O–H groups in total. The SMILES string of the molecule is CCCCNC(=O)COCCOCCNC(=O)COCCOCCNC(=O)CC[C@@H](C=O)NC(=O)CC[C@@H](C=O)NC(=O)CCC(NC(=O)CCCCCCCCCCCCCCCCC(=O)O)C(=O)O. The Bertz CT molecular complexity index is 1510. The van der Waals surface area contributed by atoms with E-state index in [1.807, 2.05) is 6.92 Å². The molecule has 0 saturated heterocycles. The van der Waals surface area contributed by atoms with Crippen LogP contribution < -0.4 is 31.9 Å². The van der Waals surface area contributed by atoms with Crippen molar-refractivity contribution >= 4 is 60.0 Å². The topological polar surface area (TPSA) is 320 Å². The minimum Gasteiger partial charge on any atom is -0.481 e. The normalized spacial score (nSPS) is 12.2. The summed E-state index contributed by atoms with van der Waals surface area (Å²) < 4.78 is 21.2. The van der Waals surface area contributed by atoms with Gasteiger partial charge in [-0.25, -0.2) is 4.79 Å². The summed E-state index contributed by atoms with van der Waals surface area (Å²) in [5, 5.41) is 33.7. The van der Waals surface area contributed by atoms with Crippen LogP contribution in [0.5, 0.6) is 0 Å². The molecule has 0 aromatic heterocycles. The van der Waals surface area contributed by atoms with Crippen LogP contribution in [0.1, 0.15) is 161 Å². The fourth-order valence-corrected chi connectivity index (χ4v) is 6.85. The molecule has 6 amide bonds. The summed E-state index contributed by atoms with van der Waals surface area (Å²) in [6.45, 7) is 4.19. The van der Waals surface area contributed by atoms with Crippen LogP contribution in [0, 0.1) is 0 Å². The number of carbonyl (C=O) groups is 10. The Balaban J connectivity index is 4.03. The first kappa shape index (κ1) is 65.9. The molecule has 22 nitrogen and oxygen atoms in total. The summed E-state index contributed by atoms with van der Waals surface area (Å²) in [6, 6.07) is -3.33. The Hall–Kier alpha value is -5.06. The second-order valence-corrected chi connectivity index (χ2v) is 17.3. The highest BCUT2D eigenvalue weighted by molar-refractivity contribution is 5.85. The molecule has 0 aliphatic rings. The zero-order valence-corrected chi connectivity index (χ0v) is 42.2. The first-order valence-corrected chi connectivity index (χ1v) is 25.6.